The van der Waals surface area contributed by atoms with Gasteiger partial charge in [-0.3, -0.25) is 4.79 Å². The van der Waals surface area contributed by atoms with Gasteiger partial charge in [-0.05, 0) is 6.07 Å². The highest BCUT2D eigenvalue weighted by molar-refractivity contribution is 6.29. The topological polar surface area (TPSA) is 52.1 Å². The van der Waals surface area contributed by atoms with Gasteiger partial charge in [0.15, 0.2) is 12.4 Å². The van der Waals surface area contributed by atoms with Crippen LogP contribution in [0.25, 0.3) is 0 Å². The van der Waals surface area contributed by atoms with Gasteiger partial charge in [0.2, 0.25) is 0 Å². The summed E-state index contributed by atoms with van der Waals surface area (Å²) in [7, 11) is 0. The number of hydrogen-bond acceptors (Lipinski definition) is 4. The maximum Gasteiger partial charge on any atom is 0.303 e. The molecule has 1 heterocycles. The molecule has 0 spiro atoms. The number of carbonyl (C=O) groups is 1. The van der Waals surface area contributed by atoms with Crippen molar-refractivity contribution in [2.75, 3.05) is 0 Å². The van der Waals surface area contributed by atoms with Crippen molar-refractivity contribution in [2.45, 2.75) is 39.7 Å². The average Bonchev–Trinajstić information content (AvgIpc) is 2.12. The number of rotatable bonds is 2. The highest BCUT2D eigenvalue weighted by Gasteiger charge is 2.17. The molecule has 0 unspecified atom stereocenters. The number of aromatic nitrogens is 2. The largest absolute Gasteiger partial charge is 0.458 e. The molecule has 0 fully saturated rings. The molecule has 0 saturated carbocycles. The minimum atomic E-state index is -0.360. The highest BCUT2D eigenvalue weighted by atomic mass is 35.5. The second kappa shape index (κ2) is 4.78. The molecule has 0 aliphatic carbocycles. The zero-order valence-electron chi connectivity index (χ0n) is 9.87. The first kappa shape index (κ1) is 12.9. The molecule has 0 atom stereocenters. The van der Waals surface area contributed by atoms with Crippen LogP contribution in [0.4, 0.5) is 0 Å². The van der Waals surface area contributed by atoms with Crippen molar-refractivity contribution in [3.63, 3.8) is 0 Å². The summed E-state index contributed by atoms with van der Waals surface area (Å²) in [6.07, 6.45) is 0. The number of carbonyl (C=O) groups excluding carboxylic acids is 1. The number of nitrogens with zero attached hydrogens (tertiary/aromatic N) is 2. The minimum Gasteiger partial charge on any atom is -0.458 e. The maximum atomic E-state index is 10.7. The molecule has 1 aromatic rings. The van der Waals surface area contributed by atoms with E-state index in [0.717, 1.165) is 5.69 Å². The van der Waals surface area contributed by atoms with Crippen LogP contribution in [0.2, 0.25) is 5.15 Å². The monoisotopic (exact) mass is 242 g/mol. The van der Waals surface area contributed by atoms with Crippen LogP contribution in [0, 0.1) is 0 Å². The van der Waals surface area contributed by atoms with Crippen molar-refractivity contribution in [3.05, 3.63) is 22.7 Å². The Kier molecular flexibility index (Phi) is 3.86. The van der Waals surface area contributed by atoms with Gasteiger partial charge in [0.1, 0.15) is 5.15 Å². The van der Waals surface area contributed by atoms with Crippen LogP contribution in [-0.4, -0.2) is 15.9 Å². The van der Waals surface area contributed by atoms with Crippen molar-refractivity contribution in [3.8, 4) is 0 Å². The third-order valence-corrected chi connectivity index (χ3v) is 2.11. The van der Waals surface area contributed by atoms with Gasteiger partial charge in [0, 0.05) is 12.3 Å². The van der Waals surface area contributed by atoms with Gasteiger partial charge in [-0.25, -0.2) is 9.97 Å². The lowest BCUT2D eigenvalue weighted by molar-refractivity contribution is -0.142. The molecule has 0 bridgehead atoms. The van der Waals surface area contributed by atoms with E-state index in [2.05, 4.69) is 9.97 Å². The standard InChI is InChI=1S/C11H15ClN2O2/c1-7(15)16-6-10-13-8(11(2,3)4)5-9(12)14-10/h5H,6H2,1-4H3. The van der Waals surface area contributed by atoms with Crippen LogP contribution in [0.1, 0.15) is 39.2 Å². The van der Waals surface area contributed by atoms with E-state index in [0.29, 0.717) is 11.0 Å². The van der Waals surface area contributed by atoms with Crippen LogP contribution < -0.4 is 0 Å². The lowest BCUT2D eigenvalue weighted by Gasteiger charge is -2.18. The van der Waals surface area contributed by atoms with Crippen LogP contribution in [0.15, 0.2) is 6.07 Å². The maximum absolute atomic E-state index is 10.7. The molecule has 0 amide bonds. The molecular formula is C11H15ClN2O2. The summed E-state index contributed by atoms with van der Waals surface area (Å²) in [6.45, 7) is 7.48. The smallest absolute Gasteiger partial charge is 0.303 e. The fourth-order valence-electron chi connectivity index (χ4n) is 1.08. The highest BCUT2D eigenvalue weighted by Crippen LogP contribution is 2.22. The molecule has 88 valence electrons. The van der Waals surface area contributed by atoms with Crippen molar-refractivity contribution in [2.24, 2.45) is 0 Å². The Morgan fingerprint density at radius 1 is 1.44 bits per heavy atom. The number of halogens is 1. The lowest BCUT2D eigenvalue weighted by Crippen LogP contribution is -2.16. The molecule has 5 heteroatoms. The molecule has 0 aromatic carbocycles. The first-order valence-corrected chi connectivity index (χ1v) is 5.34. The summed E-state index contributed by atoms with van der Waals surface area (Å²) >= 11 is 5.88. The van der Waals surface area contributed by atoms with Crippen molar-refractivity contribution < 1.29 is 9.53 Å². The Hall–Kier alpha value is -1.16. The quantitative estimate of drug-likeness (QED) is 0.591. The van der Waals surface area contributed by atoms with Crippen LogP contribution in [-0.2, 0) is 21.6 Å². The number of esters is 1. The van der Waals surface area contributed by atoms with Gasteiger partial charge in [0.25, 0.3) is 0 Å². The first-order valence-electron chi connectivity index (χ1n) is 4.96. The fourth-order valence-corrected chi connectivity index (χ4v) is 1.28. The van der Waals surface area contributed by atoms with E-state index < -0.39 is 0 Å². The van der Waals surface area contributed by atoms with Gasteiger partial charge in [0.05, 0.1) is 5.69 Å². The summed E-state index contributed by atoms with van der Waals surface area (Å²) < 4.78 is 4.83. The van der Waals surface area contributed by atoms with Gasteiger partial charge >= 0.3 is 5.97 Å². The zero-order chi connectivity index (χ0) is 12.3. The van der Waals surface area contributed by atoms with Crippen LogP contribution in [0.3, 0.4) is 0 Å². The number of hydrogen-bond donors (Lipinski definition) is 0. The Balaban J connectivity index is 2.94. The molecule has 16 heavy (non-hydrogen) atoms. The van der Waals surface area contributed by atoms with E-state index in [-0.39, 0.29) is 18.0 Å². The Labute approximate surface area is 100 Å². The predicted molar refractivity (Wildman–Crippen MR) is 61.2 cm³/mol. The molecular weight excluding hydrogens is 228 g/mol. The third-order valence-electron chi connectivity index (χ3n) is 1.91. The third kappa shape index (κ3) is 3.77. The van der Waals surface area contributed by atoms with E-state index >= 15 is 0 Å². The van der Waals surface area contributed by atoms with Gasteiger partial charge < -0.3 is 4.74 Å². The van der Waals surface area contributed by atoms with Crippen molar-refractivity contribution in [1.29, 1.82) is 0 Å². The Bertz CT molecular complexity index is 399. The van der Waals surface area contributed by atoms with Gasteiger partial charge in [-0.15, -0.1) is 0 Å². The SMILES string of the molecule is CC(=O)OCc1nc(Cl)cc(C(C)(C)C)n1. The molecule has 0 aliphatic heterocycles. The minimum absolute atomic E-state index is 0.0545. The van der Waals surface area contributed by atoms with Crippen molar-refractivity contribution in [1.82, 2.24) is 9.97 Å². The summed E-state index contributed by atoms with van der Waals surface area (Å²) in [4.78, 5) is 19.0. The lowest BCUT2D eigenvalue weighted by atomic mass is 9.92. The van der Waals surface area contributed by atoms with Gasteiger partial charge in [-0.1, -0.05) is 32.4 Å². The summed E-state index contributed by atoms with van der Waals surface area (Å²) in [5, 5.41) is 0.363. The molecule has 0 saturated heterocycles. The average molecular weight is 243 g/mol. The molecule has 4 nitrogen and oxygen atoms in total. The molecule has 0 aliphatic rings. The summed E-state index contributed by atoms with van der Waals surface area (Å²) in [6, 6.07) is 1.72. The second-order valence-corrected chi connectivity index (χ2v) is 4.91. The van der Waals surface area contributed by atoms with E-state index in [1.165, 1.54) is 6.92 Å². The first-order chi connectivity index (χ1) is 7.29. The molecule has 1 aromatic heterocycles. The zero-order valence-corrected chi connectivity index (χ0v) is 10.6. The van der Waals surface area contributed by atoms with Gasteiger partial charge in [-0.2, -0.15) is 0 Å². The second-order valence-electron chi connectivity index (χ2n) is 4.52. The van der Waals surface area contributed by atoms with Crippen LogP contribution >= 0.6 is 11.6 Å². The van der Waals surface area contributed by atoms with E-state index in [4.69, 9.17) is 16.3 Å². The van der Waals surface area contributed by atoms with Crippen LogP contribution in [0.5, 0.6) is 0 Å². The van der Waals surface area contributed by atoms with E-state index in [9.17, 15) is 4.79 Å². The number of ether oxygens (including phenoxy) is 1. The molecule has 0 radical (unpaired) electrons. The summed E-state index contributed by atoms with van der Waals surface area (Å²) in [5.74, 6) is 0.0634. The summed E-state index contributed by atoms with van der Waals surface area (Å²) in [5.41, 5.74) is 0.715. The fraction of sp³-hybridized carbons (Fsp3) is 0.545. The Morgan fingerprint density at radius 2 is 2.06 bits per heavy atom. The molecule has 1 rings (SSSR count). The van der Waals surface area contributed by atoms with E-state index in [1.54, 1.807) is 6.07 Å². The predicted octanol–water partition coefficient (Wildman–Crippen LogP) is 2.49. The normalized spacial score (nSPS) is 11.3. The van der Waals surface area contributed by atoms with Crippen molar-refractivity contribution >= 4 is 17.6 Å². The Morgan fingerprint density at radius 3 is 2.56 bits per heavy atom. The molecule has 0 N–H and O–H groups in total. The van der Waals surface area contributed by atoms with E-state index in [1.807, 2.05) is 20.8 Å².